The molecule has 0 aliphatic rings. The van der Waals surface area contributed by atoms with Gasteiger partial charge in [-0.25, -0.2) is 0 Å². The van der Waals surface area contributed by atoms with Crippen LogP contribution >= 0.6 is 22.9 Å². The second-order valence-electron chi connectivity index (χ2n) is 5.44. The first-order valence-corrected chi connectivity index (χ1v) is 8.48. The zero-order valence-corrected chi connectivity index (χ0v) is 14.2. The molecule has 21 heavy (non-hydrogen) atoms. The Morgan fingerprint density at radius 2 is 1.90 bits per heavy atom. The van der Waals surface area contributed by atoms with Gasteiger partial charge in [0.2, 0.25) is 0 Å². The van der Waals surface area contributed by atoms with Crippen molar-refractivity contribution in [2.45, 2.75) is 45.3 Å². The van der Waals surface area contributed by atoms with E-state index in [1.165, 1.54) is 16.9 Å². The van der Waals surface area contributed by atoms with E-state index in [9.17, 15) is 0 Å². The first-order chi connectivity index (χ1) is 10.0. The molecule has 114 valence electrons. The molecule has 2 unspecified atom stereocenters. The fourth-order valence-corrected chi connectivity index (χ4v) is 3.42. The molecule has 0 aliphatic heterocycles. The number of hydrogen-bond acceptors (Lipinski definition) is 3. The van der Waals surface area contributed by atoms with Crippen LogP contribution in [0.2, 0.25) is 4.34 Å². The first-order valence-electron chi connectivity index (χ1n) is 7.29. The third-order valence-electron chi connectivity index (χ3n) is 3.53. The van der Waals surface area contributed by atoms with E-state index in [0.717, 1.165) is 21.4 Å². The van der Waals surface area contributed by atoms with Gasteiger partial charge in [0.1, 0.15) is 11.9 Å². The third-order valence-corrected chi connectivity index (χ3v) is 4.82. The van der Waals surface area contributed by atoms with Gasteiger partial charge in [-0.2, -0.15) is 0 Å². The van der Waals surface area contributed by atoms with E-state index in [2.05, 4.69) is 26.8 Å². The molecule has 0 amide bonds. The quantitative estimate of drug-likeness (QED) is 0.774. The first kappa shape index (κ1) is 16.3. The van der Waals surface area contributed by atoms with Crippen LogP contribution in [0, 0.1) is 0 Å². The Morgan fingerprint density at radius 3 is 2.48 bits per heavy atom. The predicted molar refractivity (Wildman–Crippen MR) is 91.5 cm³/mol. The molecule has 0 saturated carbocycles. The molecule has 2 aromatic rings. The Morgan fingerprint density at radius 1 is 1.19 bits per heavy atom. The van der Waals surface area contributed by atoms with E-state index in [1.807, 2.05) is 30.3 Å². The van der Waals surface area contributed by atoms with Crippen molar-refractivity contribution in [3.8, 4) is 5.75 Å². The molecule has 0 aliphatic carbocycles. The Kier molecular flexibility index (Phi) is 5.68. The minimum absolute atomic E-state index is 0.0556. The van der Waals surface area contributed by atoms with E-state index in [-0.39, 0.29) is 12.1 Å². The Hall–Kier alpha value is -1.03. The van der Waals surface area contributed by atoms with Gasteiger partial charge in [-0.05, 0) is 36.1 Å². The molecule has 1 aromatic carbocycles. The van der Waals surface area contributed by atoms with E-state index in [0.29, 0.717) is 5.92 Å². The number of thiophene rings is 1. The minimum atomic E-state index is -0.160. The molecule has 2 rings (SSSR count). The Balaban J connectivity index is 2.32. The van der Waals surface area contributed by atoms with Crippen molar-refractivity contribution in [1.29, 1.82) is 0 Å². The van der Waals surface area contributed by atoms with Crippen LogP contribution in [-0.4, -0.2) is 6.04 Å². The van der Waals surface area contributed by atoms with Gasteiger partial charge in [-0.1, -0.05) is 50.6 Å². The van der Waals surface area contributed by atoms with Crippen LogP contribution in [-0.2, 0) is 0 Å². The van der Waals surface area contributed by atoms with Crippen LogP contribution in [0.3, 0.4) is 0 Å². The van der Waals surface area contributed by atoms with Gasteiger partial charge in [0.15, 0.2) is 0 Å². The molecule has 1 aromatic heterocycles. The summed E-state index contributed by atoms with van der Waals surface area (Å²) in [6.45, 7) is 6.41. The van der Waals surface area contributed by atoms with Gasteiger partial charge in [0, 0.05) is 10.9 Å². The number of ether oxygens (including phenoxy) is 1. The average Bonchev–Trinajstić information content (AvgIpc) is 2.90. The summed E-state index contributed by atoms with van der Waals surface area (Å²) >= 11 is 7.59. The molecule has 2 nitrogen and oxygen atoms in total. The van der Waals surface area contributed by atoms with Crippen molar-refractivity contribution in [2.75, 3.05) is 0 Å². The van der Waals surface area contributed by atoms with Crippen LogP contribution in [0.15, 0.2) is 36.4 Å². The van der Waals surface area contributed by atoms with E-state index >= 15 is 0 Å². The van der Waals surface area contributed by atoms with Gasteiger partial charge >= 0.3 is 0 Å². The second-order valence-corrected chi connectivity index (χ2v) is 7.19. The summed E-state index contributed by atoms with van der Waals surface area (Å²) in [7, 11) is 0. The van der Waals surface area contributed by atoms with Crippen molar-refractivity contribution < 1.29 is 4.74 Å². The molecular formula is C17H22ClNOS. The summed E-state index contributed by atoms with van der Waals surface area (Å²) in [5.41, 5.74) is 7.47. The van der Waals surface area contributed by atoms with Crippen molar-refractivity contribution in [3.05, 3.63) is 51.2 Å². The molecule has 0 fully saturated rings. The lowest BCUT2D eigenvalue weighted by molar-refractivity contribution is 0.172. The van der Waals surface area contributed by atoms with Gasteiger partial charge in [-0.3, -0.25) is 0 Å². The SMILES string of the molecule is CCC(N)C(Oc1ccccc1C(C)C)c1ccc(Cl)s1. The van der Waals surface area contributed by atoms with Crippen LogP contribution in [0.25, 0.3) is 0 Å². The highest BCUT2D eigenvalue weighted by Crippen LogP contribution is 2.35. The number of nitrogens with two attached hydrogens (primary N) is 1. The van der Waals surface area contributed by atoms with Gasteiger partial charge in [-0.15, -0.1) is 11.3 Å². The van der Waals surface area contributed by atoms with Crippen molar-refractivity contribution in [1.82, 2.24) is 0 Å². The third kappa shape index (κ3) is 4.00. The number of para-hydroxylation sites is 1. The number of halogens is 1. The number of hydrogen-bond donors (Lipinski definition) is 1. The fraction of sp³-hybridized carbons (Fsp3) is 0.412. The summed E-state index contributed by atoms with van der Waals surface area (Å²) in [5.74, 6) is 1.32. The van der Waals surface area contributed by atoms with Gasteiger partial charge in [0.05, 0.1) is 4.34 Å². The van der Waals surface area contributed by atoms with Crippen LogP contribution < -0.4 is 10.5 Å². The minimum Gasteiger partial charge on any atom is -0.483 e. The molecule has 2 N–H and O–H groups in total. The maximum Gasteiger partial charge on any atom is 0.148 e. The molecular weight excluding hydrogens is 302 g/mol. The maximum atomic E-state index is 6.29. The summed E-state index contributed by atoms with van der Waals surface area (Å²) in [6.07, 6.45) is 0.691. The molecule has 0 radical (unpaired) electrons. The molecule has 0 bridgehead atoms. The van der Waals surface area contributed by atoms with Gasteiger partial charge < -0.3 is 10.5 Å². The highest BCUT2D eigenvalue weighted by atomic mass is 35.5. The summed E-state index contributed by atoms with van der Waals surface area (Å²) in [6, 6.07) is 12.0. The Labute approximate surface area is 135 Å². The van der Waals surface area contributed by atoms with E-state index < -0.39 is 0 Å². The zero-order chi connectivity index (χ0) is 15.4. The van der Waals surface area contributed by atoms with Crippen LogP contribution in [0.1, 0.15) is 49.7 Å². The topological polar surface area (TPSA) is 35.2 Å². The predicted octanol–water partition coefficient (Wildman–Crippen LogP) is 5.38. The molecule has 0 saturated heterocycles. The number of benzene rings is 1. The zero-order valence-electron chi connectivity index (χ0n) is 12.7. The average molecular weight is 324 g/mol. The van der Waals surface area contributed by atoms with Crippen molar-refractivity contribution in [3.63, 3.8) is 0 Å². The molecule has 4 heteroatoms. The van der Waals surface area contributed by atoms with Crippen molar-refractivity contribution in [2.24, 2.45) is 5.73 Å². The molecule has 2 atom stereocenters. The Bertz CT molecular complexity index is 582. The standard InChI is InChI=1S/C17H22ClNOS/c1-4-13(19)17(15-9-10-16(18)21-15)20-14-8-6-5-7-12(14)11(2)3/h5-11,13,17H,4,19H2,1-3H3. The lowest BCUT2D eigenvalue weighted by Crippen LogP contribution is -2.31. The van der Waals surface area contributed by atoms with E-state index in [4.69, 9.17) is 22.1 Å². The normalized spacial score (nSPS) is 14.2. The monoisotopic (exact) mass is 323 g/mol. The summed E-state index contributed by atoms with van der Waals surface area (Å²) in [4.78, 5) is 1.08. The molecule has 1 heterocycles. The number of rotatable bonds is 6. The van der Waals surface area contributed by atoms with Crippen LogP contribution in [0.5, 0.6) is 5.75 Å². The highest BCUT2D eigenvalue weighted by Gasteiger charge is 2.23. The second kappa shape index (κ2) is 7.30. The lowest BCUT2D eigenvalue weighted by atomic mass is 10.0. The summed E-state index contributed by atoms with van der Waals surface area (Å²) in [5, 5.41) is 0. The van der Waals surface area contributed by atoms with Gasteiger partial charge in [0.25, 0.3) is 0 Å². The summed E-state index contributed by atoms with van der Waals surface area (Å²) < 4.78 is 7.05. The smallest absolute Gasteiger partial charge is 0.148 e. The lowest BCUT2D eigenvalue weighted by Gasteiger charge is -2.25. The fourth-order valence-electron chi connectivity index (χ4n) is 2.25. The largest absolute Gasteiger partial charge is 0.483 e. The van der Waals surface area contributed by atoms with Crippen molar-refractivity contribution >= 4 is 22.9 Å². The molecule has 0 spiro atoms. The van der Waals surface area contributed by atoms with E-state index in [1.54, 1.807) is 0 Å². The maximum absolute atomic E-state index is 6.29. The highest BCUT2D eigenvalue weighted by molar-refractivity contribution is 7.16. The van der Waals surface area contributed by atoms with Crippen LogP contribution in [0.4, 0.5) is 0 Å².